The fraction of sp³-hybridized carbons (Fsp3) is 0.500. The second-order valence-corrected chi connectivity index (χ2v) is 9.70. The maximum Gasteiger partial charge on any atom is 0.332 e. The first-order chi connectivity index (χ1) is 12.6. The predicted octanol–water partition coefficient (Wildman–Crippen LogP) is 3.23. The molecule has 1 unspecified atom stereocenters. The van der Waals surface area contributed by atoms with Crippen molar-refractivity contribution in [2.45, 2.75) is 43.6 Å². The van der Waals surface area contributed by atoms with E-state index in [4.69, 9.17) is 9.47 Å². The molecule has 27 heavy (non-hydrogen) atoms. The molecule has 1 fully saturated rings. The van der Waals surface area contributed by atoms with Gasteiger partial charge in [0.1, 0.15) is 5.25 Å². The minimum atomic E-state index is -3.97. The Morgan fingerprint density at radius 2 is 2.00 bits per heavy atom. The largest absolute Gasteiger partial charge is 0.478 e. The van der Waals surface area contributed by atoms with Crippen LogP contribution in [0.15, 0.2) is 34.3 Å². The Labute approximate surface area is 166 Å². The Hall–Kier alpha value is -1.42. The molecule has 1 aliphatic carbocycles. The van der Waals surface area contributed by atoms with Crippen LogP contribution in [0.1, 0.15) is 38.2 Å². The quantitative estimate of drug-likeness (QED) is 0.700. The van der Waals surface area contributed by atoms with Crippen LogP contribution in [-0.4, -0.2) is 43.7 Å². The topological polar surface area (TPSA) is 102 Å². The van der Waals surface area contributed by atoms with Crippen LogP contribution in [-0.2, 0) is 24.3 Å². The van der Waals surface area contributed by atoms with Crippen molar-refractivity contribution in [3.8, 4) is 0 Å². The Balaban J connectivity index is 1.89. The lowest BCUT2D eigenvalue weighted by Gasteiger charge is -2.32. The lowest BCUT2D eigenvalue weighted by molar-refractivity contribution is -0.138. The van der Waals surface area contributed by atoms with Crippen LogP contribution < -0.4 is 4.72 Å². The minimum Gasteiger partial charge on any atom is -0.478 e. The van der Waals surface area contributed by atoms with Gasteiger partial charge in [0.05, 0.1) is 24.5 Å². The van der Waals surface area contributed by atoms with Crippen molar-refractivity contribution >= 4 is 37.6 Å². The number of ether oxygens (including phenoxy) is 2. The van der Waals surface area contributed by atoms with E-state index in [-0.39, 0.29) is 18.4 Å². The molecule has 1 aromatic rings. The second kappa shape index (κ2) is 7.54. The number of sulfonamides is 1. The number of carbonyl (C=O) groups is 1. The summed E-state index contributed by atoms with van der Waals surface area (Å²) in [5.41, 5.74) is 1.20. The highest BCUT2D eigenvalue weighted by atomic mass is 79.9. The van der Waals surface area contributed by atoms with Crippen molar-refractivity contribution in [1.82, 2.24) is 0 Å². The van der Waals surface area contributed by atoms with Gasteiger partial charge in [-0.3, -0.25) is 4.72 Å². The first-order valence-electron chi connectivity index (χ1n) is 8.68. The number of anilines is 1. The molecule has 1 spiro atoms. The maximum atomic E-state index is 12.9. The zero-order valence-electron chi connectivity index (χ0n) is 15.1. The van der Waals surface area contributed by atoms with Crippen LogP contribution in [0.3, 0.4) is 0 Å². The van der Waals surface area contributed by atoms with Gasteiger partial charge in [-0.05, 0) is 52.0 Å². The number of carboxylic acid groups (broad SMARTS) is 1. The first kappa shape index (κ1) is 20.3. The van der Waals surface area contributed by atoms with Crippen LogP contribution >= 0.6 is 15.9 Å². The molecule has 0 aromatic heterocycles. The maximum absolute atomic E-state index is 12.9. The number of hydrogen-bond acceptors (Lipinski definition) is 5. The summed E-state index contributed by atoms with van der Waals surface area (Å²) in [6.45, 7) is 4.80. The van der Waals surface area contributed by atoms with Gasteiger partial charge in [-0.2, -0.15) is 0 Å². The number of nitrogens with one attached hydrogen (secondary N) is 1. The Bertz CT molecular complexity index is 874. The SMILES string of the molecule is CC(C)c1ccc(NS(=O)(=O)C2CCC3(C=C2C(=O)O)OCCO3)c(Br)c1. The van der Waals surface area contributed by atoms with Crippen LogP contribution in [0.5, 0.6) is 0 Å². The molecule has 3 rings (SSSR count). The molecule has 2 N–H and O–H groups in total. The molecule has 7 nitrogen and oxygen atoms in total. The molecule has 1 heterocycles. The van der Waals surface area contributed by atoms with Gasteiger partial charge < -0.3 is 14.6 Å². The lowest BCUT2D eigenvalue weighted by Crippen LogP contribution is -2.41. The van der Waals surface area contributed by atoms with Gasteiger partial charge in [-0.15, -0.1) is 0 Å². The first-order valence-corrected chi connectivity index (χ1v) is 11.0. The lowest BCUT2D eigenvalue weighted by atomic mass is 9.94. The molecule has 1 atom stereocenters. The van der Waals surface area contributed by atoms with E-state index in [1.165, 1.54) is 6.08 Å². The standard InChI is InChI=1S/C18H22BrNO6S/c1-11(2)12-3-4-15(14(19)9-12)20-27(23,24)16-5-6-18(25-7-8-26-18)10-13(16)17(21)22/h3-4,9-11,16,20H,5-8H2,1-2H3,(H,21,22). The van der Waals surface area contributed by atoms with Crippen LogP contribution in [0.2, 0.25) is 0 Å². The van der Waals surface area contributed by atoms with Gasteiger partial charge in [0.15, 0.2) is 5.79 Å². The van der Waals surface area contributed by atoms with Gasteiger partial charge in [-0.25, -0.2) is 13.2 Å². The van der Waals surface area contributed by atoms with E-state index in [1.54, 1.807) is 6.07 Å². The molecule has 9 heteroatoms. The van der Waals surface area contributed by atoms with E-state index < -0.39 is 27.0 Å². The Kier molecular flexibility index (Phi) is 5.67. The smallest absolute Gasteiger partial charge is 0.332 e. The van der Waals surface area contributed by atoms with Gasteiger partial charge >= 0.3 is 5.97 Å². The molecule has 0 saturated carbocycles. The van der Waals surface area contributed by atoms with Gasteiger partial charge in [-0.1, -0.05) is 19.9 Å². The molecule has 1 aliphatic heterocycles. The zero-order valence-corrected chi connectivity index (χ0v) is 17.5. The number of benzene rings is 1. The van der Waals surface area contributed by atoms with E-state index >= 15 is 0 Å². The molecule has 0 radical (unpaired) electrons. The average molecular weight is 460 g/mol. The van der Waals surface area contributed by atoms with Crippen molar-refractivity contribution in [3.63, 3.8) is 0 Å². The fourth-order valence-corrected chi connectivity index (χ4v) is 5.49. The minimum absolute atomic E-state index is 0.0924. The number of aliphatic carboxylic acids is 1. The van der Waals surface area contributed by atoms with Gasteiger partial charge in [0.2, 0.25) is 10.0 Å². The number of hydrogen-bond donors (Lipinski definition) is 2. The predicted molar refractivity (Wildman–Crippen MR) is 104 cm³/mol. The normalized spacial score (nSPS) is 22.1. The van der Waals surface area contributed by atoms with E-state index in [2.05, 4.69) is 20.7 Å². The van der Waals surface area contributed by atoms with Crippen LogP contribution in [0.25, 0.3) is 0 Å². The second-order valence-electron chi connectivity index (χ2n) is 6.98. The molecule has 0 amide bonds. The van der Waals surface area contributed by atoms with E-state index in [9.17, 15) is 18.3 Å². The zero-order chi connectivity index (χ0) is 19.8. The average Bonchev–Trinajstić information content (AvgIpc) is 3.03. The van der Waals surface area contributed by atoms with Gasteiger partial charge in [0.25, 0.3) is 0 Å². The van der Waals surface area contributed by atoms with E-state index in [0.717, 1.165) is 5.56 Å². The summed E-state index contributed by atoms with van der Waals surface area (Å²) in [6.07, 6.45) is 1.67. The highest BCUT2D eigenvalue weighted by molar-refractivity contribution is 9.10. The molecule has 1 saturated heterocycles. The van der Waals surface area contributed by atoms with Crippen molar-refractivity contribution in [2.75, 3.05) is 17.9 Å². The van der Waals surface area contributed by atoms with Crippen LogP contribution in [0.4, 0.5) is 5.69 Å². The highest BCUT2D eigenvalue weighted by Gasteiger charge is 2.45. The summed E-state index contributed by atoms with van der Waals surface area (Å²) in [5, 5.41) is 8.36. The molecule has 148 valence electrons. The molecular formula is C18H22BrNO6S. The third-order valence-electron chi connectivity index (χ3n) is 4.79. The summed E-state index contributed by atoms with van der Waals surface area (Å²) in [7, 11) is -3.97. The third-order valence-corrected chi connectivity index (χ3v) is 7.19. The summed E-state index contributed by atoms with van der Waals surface area (Å²) in [5.74, 6) is -2.12. The third kappa shape index (κ3) is 4.21. The van der Waals surface area contributed by atoms with Gasteiger partial charge in [0, 0.05) is 10.9 Å². The molecule has 0 bridgehead atoms. The van der Waals surface area contributed by atoms with Crippen LogP contribution in [0, 0.1) is 0 Å². The number of carboxylic acids is 1. The molecule has 2 aliphatic rings. The summed E-state index contributed by atoms with van der Waals surface area (Å²) >= 11 is 3.39. The van der Waals surface area contributed by atoms with E-state index in [1.807, 2.05) is 26.0 Å². The molecule has 1 aromatic carbocycles. The van der Waals surface area contributed by atoms with Crippen molar-refractivity contribution < 1.29 is 27.8 Å². The Morgan fingerprint density at radius 3 is 2.56 bits per heavy atom. The Morgan fingerprint density at radius 1 is 1.33 bits per heavy atom. The molecular weight excluding hydrogens is 438 g/mol. The number of halogens is 1. The van der Waals surface area contributed by atoms with Crippen molar-refractivity contribution in [2.24, 2.45) is 0 Å². The summed E-state index contributed by atoms with van der Waals surface area (Å²) in [4.78, 5) is 11.7. The monoisotopic (exact) mass is 459 g/mol. The highest BCUT2D eigenvalue weighted by Crippen LogP contribution is 2.38. The fourth-order valence-electron chi connectivity index (χ4n) is 3.31. The van der Waals surface area contributed by atoms with Crippen molar-refractivity contribution in [3.05, 3.63) is 39.9 Å². The summed E-state index contributed by atoms with van der Waals surface area (Å²) < 4.78 is 40.0. The number of rotatable bonds is 5. The van der Waals surface area contributed by atoms with Crippen molar-refractivity contribution in [1.29, 1.82) is 0 Å². The van der Waals surface area contributed by atoms with E-state index in [0.29, 0.717) is 29.3 Å². The summed E-state index contributed by atoms with van der Waals surface area (Å²) in [6, 6.07) is 5.37.